The fourth-order valence-electron chi connectivity index (χ4n) is 4.58. The van der Waals surface area contributed by atoms with Gasteiger partial charge in [-0.05, 0) is 25.0 Å². The summed E-state index contributed by atoms with van der Waals surface area (Å²) in [6, 6.07) is 8.52. The van der Waals surface area contributed by atoms with Gasteiger partial charge in [-0.1, -0.05) is 24.3 Å². The van der Waals surface area contributed by atoms with Crippen molar-refractivity contribution in [1.82, 2.24) is 19.8 Å². The third-order valence-electron chi connectivity index (χ3n) is 6.08. The van der Waals surface area contributed by atoms with Gasteiger partial charge in [0.05, 0.1) is 6.04 Å². The number of nitrogen functional groups attached to an aromatic ring is 1. The molecule has 2 saturated heterocycles. The van der Waals surface area contributed by atoms with Crippen LogP contribution in [-0.2, 0) is 0 Å². The molecule has 2 fully saturated rings. The van der Waals surface area contributed by atoms with Crippen LogP contribution in [0, 0.1) is 25.7 Å². The van der Waals surface area contributed by atoms with Gasteiger partial charge >= 0.3 is 6.03 Å². The van der Waals surface area contributed by atoms with Gasteiger partial charge in [0.1, 0.15) is 5.82 Å². The summed E-state index contributed by atoms with van der Waals surface area (Å²) in [4.78, 5) is 27.8. The molecule has 3 heterocycles. The van der Waals surface area contributed by atoms with Crippen LogP contribution in [0.5, 0.6) is 0 Å². The lowest BCUT2D eigenvalue weighted by molar-refractivity contribution is 0.159. The molecule has 7 nitrogen and oxygen atoms in total. The Morgan fingerprint density at radius 1 is 1.14 bits per heavy atom. The molecule has 1 aromatic carbocycles. The number of benzene rings is 1. The van der Waals surface area contributed by atoms with Crippen LogP contribution >= 0.6 is 0 Å². The third kappa shape index (κ3) is 3.04. The van der Waals surface area contributed by atoms with E-state index in [0.29, 0.717) is 23.6 Å². The van der Waals surface area contributed by atoms with Gasteiger partial charge in [-0.3, -0.25) is 0 Å². The first-order valence-corrected chi connectivity index (χ1v) is 9.74. The highest BCUT2D eigenvalue weighted by Gasteiger charge is 2.50. The fourth-order valence-corrected chi connectivity index (χ4v) is 4.58. The number of amides is 2. The van der Waals surface area contributed by atoms with Crippen molar-refractivity contribution in [2.24, 2.45) is 11.8 Å². The van der Waals surface area contributed by atoms with Crippen molar-refractivity contribution < 1.29 is 4.79 Å². The summed E-state index contributed by atoms with van der Waals surface area (Å²) in [7, 11) is 3.64. The first kappa shape index (κ1) is 18.5. The number of nitrogens with zero attached hydrogens (tertiary/aromatic N) is 5. The Kier molecular flexibility index (Phi) is 4.61. The van der Waals surface area contributed by atoms with Gasteiger partial charge in [0.25, 0.3) is 0 Å². The molecule has 7 heteroatoms. The number of likely N-dealkylation sites (tertiary alicyclic amines) is 1. The summed E-state index contributed by atoms with van der Waals surface area (Å²) in [5, 5.41) is 0. The maximum absolute atomic E-state index is 12.9. The Labute approximate surface area is 166 Å². The molecule has 148 valence electrons. The Morgan fingerprint density at radius 2 is 1.89 bits per heavy atom. The first-order chi connectivity index (χ1) is 13.4. The largest absolute Gasteiger partial charge is 0.383 e. The van der Waals surface area contributed by atoms with Crippen LogP contribution in [-0.4, -0.2) is 59.5 Å². The summed E-state index contributed by atoms with van der Waals surface area (Å²) in [6.45, 7) is 6.45. The van der Waals surface area contributed by atoms with Gasteiger partial charge in [-0.25, -0.2) is 9.78 Å². The predicted octanol–water partition coefficient (Wildman–Crippen LogP) is 2.47. The molecule has 0 spiro atoms. The number of aromatic nitrogens is 2. The van der Waals surface area contributed by atoms with Crippen molar-refractivity contribution in [2.45, 2.75) is 19.9 Å². The van der Waals surface area contributed by atoms with Gasteiger partial charge in [0.15, 0.2) is 0 Å². The molecule has 2 aliphatic heterocycles. The van der Waals surface area contributed by atoms with E-state index in [2.05, 4.69) is 40.0 Å². The second kappa shape index (κ2) is 6.96. The average molecular weight is 380 g/mol. The van der Waals surface area contributed by atoms with Crippen LogP contribution in [0.4, 0.5) is 16.6 Å². The van der Waals surface area contributed by atoms with E-state index in [1.54, 1.807) is 11.1 Å². The third-order valence-corrected chi connectivity index (χ3v) is 6.08. The Balaban J connectivity index is 1.66. The quantitative estimate of drug-likeness (QED) is 0.866. The lowest BCUT2D eigenvalue weighted by atomic mass is 9.88. The summed E-state index contributed by atoms with van der Waals surface area (Å²) in [6.07, 6.45) is 1.78. The highest BCUT2D eigenvalue weighted by Crippen LogP contribution is 2.46. The van der Waals surface area contributed by atoms with Crippen LogP contribution < -0.4 is 10.6 Å². The van der Waals surface area contributed by atoms with Crippen LogP contribution in [0.25, 0.3) is 0 Å². The second-order valence-corrected chi connectivity index (χ2v) is 8.20. The molecule has 1 aromatic heterocycles. The van der Waals surface area contributed by atoms with Gasteiger partial charge in [-0.15, -0.1) is 0 Å². The van der Waals surface area contributed by atoms with E-state index in [1.165, 1.54) is 11.1 Å². The molecule has 2 aliphatic rings. The number of carbonyl (C=O) groups excluding carboxylic acids is 1. The molecule has 2 amide bonds. The van der Waals surface area contributed by atoms with Crippen molar-refractivity contribution in [3.63, 3.8) is 0 Å². The number of nitrogens with two attached hydrogens (primary N) is 1. The smallest absolute Gasteiger partial charge is 0.320 e. The van der Waals surface area contributed by atoms with E-state index in [1.807, 2.05) is 32.0 Å². The number of urea groups is 1. The van der Waals surface area contributed by atoms with Crippen molar-refractivity contribution in [2.75, 3.05) is 44.4 Å². The minimum absolute atomic E-state index is 0.0638. The molecule has 0 bridgehead atoms. The molecule has 2 N–H and O–H groups in total. The van der Waals surface area contributed by atoms with Crippen LogP contribution in [0.3, 0.4) is 0 Å². The normalized spacial score (nSPS) is 23.8. The molecular weight excluding hydrogens is 352 g/mol. The second-order valence-electron chi connectivity index (χ2n) is 8.20. The summed E-state index contributed by atoms with van der Waals surface area (Å²) in [5.41, 5.74) is 9.35. The lowest BCUT2D eigenvalue weighted by Crippen LogP contribution is -2.41. The molecule has 28 heavy (non-hydrogen) atoms. The zero-order chi connectivity index (χ0) is 20.0. The molecule has 3 atom stereocenters. The highest BCUT2D eigenvalue weighted by atomic mass is 16.2. The zero-order valence-electron chi connectivity index (χ0n) is 17.0. The Morgan fingerprint density at radius 3 is 2.57 bits per heavy atom. The Bertz CT molecular complexity index is 898. The Hall–Kier alpha value is -2.83. The first-order valence-electron chi connectivity index (χ1n) is 9.74. The van der Waals surface area contributed by atoms with E-state index in [-0.39, 0.29) is 12.1 Å². The van der Waals surface area contributed by atoms with Gasteiger partial charge in [-0.2, -0.15) is 4.98 Å². The van der Waals surface area contributed by atoms with E-state index in [0.717, 1.165) is 25.2 Å². The number of rotatable bonds is 2. The van der Waals surface area contributed by atoms with Crippen LogP contribution in [0.1, 0.15) is 22.7 Å². The van der Waals surface area contributed by atoms with Crippen LogP contribution in [0.2, 0.25) is 0 Å². The maximum atomic E-state index is 12.9. The van der Waals surface area contributed by atoms with Gasteiger partial charge in [0, 0.05) is 57.3 Å². The molecule has 2 aromatic rings. The monoisotopic (exact) mass is 380 g/mol. The number of hydrogen-bond acceptors (Lipinski definition) is 5. The number of carbonyl (C=O) groups is 1. The van der Waals surface area contributed by atoms with Crippen LogP contribution in [0.15, 0.2) is 30.5 Å². The molecule has 0 radical (unpaired) electrons. The standard InChI is InChI=1S/C21H28N6O/c1-13-7-5-6-8-16(13)18-17-12-26(20-23-9-14(2)19(22)24-20)10-15(17)11-27(18)21(28)25(3)4/h5-9,15,17-18H,10-12H2,1-4H3,(H2,22,23,24)/t15-,17-,18+/m1/s1. The fraction of sp³-hybridized carbons (Fsp3) is 0.476. The molecular formula is C21H28N6O. The number of aryl methyl sites for hydroxylation is 2. The number of fused-ring (bicyclic) bond motifs is 1. The van der Waals surface area contributed by atoms with E-state index in [4.69, 9.17) is 5.73 Å². The van der Waals surface area contributed by atoms with Crippen molar-refractivity contribution in [1.29, 1.82) is 0 Å². The van der Waals surface area contributed by atoms with Gasteiger partial charge in [0.2, 0.25) is 5.95 Å². The number of hydrogen-bond donors (Lipinski definition) is 1. The van der Waals surface area contributed by atoms with Crippen molar-refractivity contribution in [3.8, 4) is 0 Å². The summed E-state index contributed by atoms with van der Waals surface area (Å²) in [5.74, 6) is 1.95. The molecule has 4 rings (SSSR count). The SMILES string of the molecule is Cc1ccccc1[C@H]1[C@@H]2CN(c3ncc(C)c(N)n3)C[C@@H]2CN1C(=O)N(C)C. The minimum atomic E-state index is 0.0638. The summed E-state index contributed by atoms with van der Waals surface area (Å²) < 4.78 is 0. The highest BCUT2D eigenvalue weighted by molar-refractivity contribution is 5.75. The predicted molar refractivity (Wildman–Crippen MR) is 110 cm³/mol. The molecule has 0 unspecified atom stereocenters. The lowest BCUT2D eigenvalue weighted by Gasteiger charge is -2.32. The topological polar surface area (TPSA) is 78.6 Å². The zero-order valence-corrected chi connectivity index (χ0v) is 17.0. The number of anilines is 2. The van der Waals surface area contributed by atoms with Crippen molar-refractivity contribution in [3.05, 3.63) is 47.2 Å². The van der Waals surface area contributed by atoms with E-state index in [9.17, 15) is 4.79 Å². The van der Waals surface area contributed by atoms with Gasteiger partial charge < -0.3 is 20.4 Å². The minimum Gasteiger partial charge on any atom is -0.383 e. The maximum Gasteiger partial charge on any atom is 0.320 e. The van der Waals surface area contributed by atoms with E-state index >= 15 is 0 Å². The molecule has 0 aliphatic carbocycles. The van der Waals surface area contributed by atoms with E-state index < -0.39 is 0 Å². The van der Waals surface area contributed by atoms with Crippen molar-refractivity contribution >= 4 is 17.8 Å². The summed E-state index contributed by atoms with van der Waals surface area (Å²) >= 11 is 0. The molecule has 0 saturated carbocycles. The average Bonchev–Trinajstić information content (AvgIpc) is 3.22.